The summed E-state index contributed by atoms with van der Waals surface area (Å²) in [5.74, 6) is 0.286. The number of carbonyl (C=O) groups excluding carboxylic acids is 2. The number of aromatic nitrogens is 2. The van der Waals surface area contributed by atoms with E-state index < -0.39 is 0 Å². The quantitative estimate of drug-likeness (QED) is 0.279. The summed E-state index contributed by atoms with van der Waals surface area (Å²) in [4.78, 5) is 28.2. The Morgan fingerprint density at radius 1 is 0.868 bits per heavy atom. The van der Waals surface area contributed by atoms with Crippen LogP contribution in [0.1, 0.15) is 35.7 Å². The summed E-state index contributed by atoms with van der Waals surface area (Å²) >= 11 is 0. The van der Waals surface area contributed by atoms with E-state index in [-0.39, 0.29) is 18.5 Å². The summed E-state index contributed by atoms with van der Waals surface area (Å²) in [5, 5.41) is 10.8. The molecule has 3 amide bonds. The average Bonchev–Trinajstić information content (AvgIpc) is 3.22. The van der Waals surface area contributed by atoms with Crippen LogP contribution in [0.4, 0.5) is 16.3 Å². The Morgan fingerprint density at radius 3 is 2.26 bits per heavy atom. The van der Waals surface area contributed by atoms with Gasteiger partial charge in [-0.15, -0.1) is 0 Å². The summed E-state index contributed by atoms with van der Waals surface area (Å²) in [6.45, 7) is 10.3. The van der Waals surface area contributed by atoms with Crippen molar-refractivity contribution in [3.05, 3.63) is 95.2 Å². The Balaban J connectivity index is 1.62. The molecule has 4 rings (SSSR count). The van der Waals surface area contributed by atoms with Crippen LogP contribution in [0.5, 0.6) is 0 Å². The average molecular weight is 510 g/mol. The van der Waals surface area contributed by atoms with E-state index in [2.05, 4.69) is 10.6 Å². The van der Waals surface area contributed by atoms with Gasteiger partial charge < -0.3 is 15.5 Å². The monoisotopic (exact) mass is 509 g/mol. The lowest BCUT2D eigenvalue weighted by Crippen LogP contribution is -2.41. The minimum Gasteiger partial charge on any atom is -0.315 e. The Kier molecular flexibility index (Phi) is 8.26. The Hall–Kier alpha value is -4.39. The fraction of sp³-hybridized carbons (Fsp3) is 0.258. The van der Waals surface area contributed by atoms with E-state index in [0.717, 1.165) is 51.3 Å². The van der Waals surface area contributed by atoms with E-state index in [1.54, 1.807) is 9.58 Å². The molecule has 0 aliphatic carbocycles. The number of anilines is 2. The molecule has 0 bridgehead atoms. The molecular formula is C31H35N5O2. The molecule has 0 aliphatic heterocycles. The van der Waals surface area contributed by atoms with Gasteiger partial charge in [-0.1, -0.05) is 67.1 Å². The largest absolute Gasteiger partial charge is 0.322 e. The number of amides is 3. The van der Waals surface area contributed by atoms with Crippen molar-refractivity contribution >= 4 is 23.4 Å². The molecule has 0 atom stereocenters. The maximum Gasteiger partial charge on any atom is 0.322 e. The number of urea groups is 1. The van der Waals surface area contributed by atoms with E-state index in [1.165, 1.54) is 0 Å². The number of hydrogen-bond donors (Lipinski definition) is 2. The lowest BCUT2D eigenvalue weighted by molar-refractivity contribution is -0.116. The lowest BCUT2D eigenvalue weighted by Gasteiger charge is -2.23. The van der Waals surface area contributed by atoms with Crippen LogP contribution < -0.4 is 10.6 Å². The molecule has 1 heterocycles. The summed E-state index contributed by atoms with van der Waals surface area (Å²) in [5.41, 5.74) is 7.42. The van der Waals surface area contributed by atoms with Crippen molar-refractivity contribution in [3.8, 4) is 16.8 Å². The zero-order valence-corrected chi connectivity index (χ0v) is 22.7. The Morgan fingerprint density at radius 2 is 1.58 bits per heavy atom. The van der Waals surface area contributed by atoms with Crippen LogP contribution in [0, 0.1) is 27.7 Å². The van der Waals surface area contributed by atoms with Crippen molar-refractivity contribution in [1.29, 1.82) is 0 Å². The summed E-state index contributed by atoms with van der Waals surface area (Å²) in [7, 11) is 0. The van der Waals surface area contributed by atoms with Crippen LogP contribution in [0.25, 0.3) is 16.8 Å². The van der Waals surface area contributed by atoms with Gasteiger partial charge in [0.05, 0.1) is 11.4 Å². The van der Waals surface area contributed by atoms with Crippen molar-refractivity contribution in [2.24, 2.45) is 0 Å². The first kappa shape index (κ1) is 26.7. The fourth-order valence-corrected chi connectivity index (χ4v) is 4.41. The van der Waals surface area contributed by atoms with Gasteiger partial charge in [0.1, 0.15) is 12.4 Å². The Bertz CT molecular complexity index is 1420. The molecule has 196 valence electrons. The van der Waals surface area contributed by atoms with Gasteiger partial charge in [0.15, 0.2) is 0 Å². The third-order valence-corrected chi connectivity index (χ3v) is 6.62. The van der Waals surface area contributed by atoms with Gasteiger partial charge in [-0.2, -0.15) is 5.10 Å². The minimum absolute atomic E-state index is 0.0864. The molecule has 4 aromatic rings. The van der Waals surface area contributed by atoms with Crippen molar-refractivity contribution in [3.63, 3.8) is 0 Å². The van der Waals surface area contributed by atoms with E-state index >= 15 is 0 Å². The Labute approximate surface area is 224 Å². The van der Waals surface area contributed by atoms with Gasteiger partial charge in [-0.25, -0.2) is 9.48 Å². The SMILES string of the molecule is CCCN(CC(=O)Nc1c(-c2ccccc2)c(C)nn1-c1ccc(C)cc1)C(=O)Nc1cccc(C)c1C. The van der Waals surface area contributed by atoms with Crippen LogP contribution in [0.15, 0.2) is 72.8 Å². The number of rotatable bonds is 8. The molecule has 38 heavy (non-hydrogen) atoms. The normalized spacial score (nSPS) is 10.8. The highest BCUT2D eigenvalue weighted by Gasteiger charge is 2.23. The number of hydrogen-bond acceptors (Lipinski definition) is 3. The molecule has 7 nitrogen and oxygen atoms in total. The zero-order valence-electron chi connectivity index (χ0n) is 22.7. The van der Waals surface area contributed by atoms with Crippen LogP contribution >= 0.6 is 0 Å². The maximum absolute atomic E-state index is 13.4. The van der Waals surface area contributed by atoms with Gasteiger partial charge in [-0.3, -0.25) is 4.79 Å². The first-order valence-electron chi connectivity index (χ1n) is 12.9. The van der Waals surface area contributed by atoms with Crippen LogP contribution in [0.2, 0.25) is 0 Å². The molecule has 0 radical (unpaired) electrons. The number of nitrogens with one attached hydrogen (secondary N) is 2. The molecule has 0 fully saturated rings. The standard InChI is InChI=1S/C31H35N5O2/c1-6-19-35(31(38)32-27-14-10-11-22(3)23(27)4)20-28(37)33-30-29(25-12-8-7-9-13-25)24(5)34-36(30)26-17-15-21(2)16-18-26/h7-18H,6,19-20H2,1-5H3,(H,32,38)(H,33,37). The van der Waals surface area contributed by atoms with Crippen molar-refractivity contribution in [1.82, 2.24) is 14.7 Å². The zero-order chi connectivity index (χ0) is 27.2. The van der Waals surface area contributed by atoms with E-state index in [0.29, 0.717) is 12.4 Å². The van der Waals surface area contributed by atoms with Crippen molar-refractivity contribution < 1.29 is 9.59 Å². The second-order valence-electron chi connectivity index (χ2n) is 9.57. The number of benzene rings is 3. The lowest BCUT2D eigenvalue weighted by atomic mass is 10.1. The molecule has 7 heteroatoms. The summed E-state index contributed by atoms with van der Waals surface area (Å²) < 4.78 is 1.76. The molecule has 1 aromatic heterocycles. The molecule has 0 unspecified atom stereocenters. The molecule has 2 N–H and O–H groups in total. The third-order valence-electron chi connectivity index (χ3n) is 6.62. The molecular weight excluding hydrogens is 474 g/mol. The number of nitrogens with zero attached hydrogens (tertiary/aromatic N) is 3. The van der Waals surface area contributed by atoms with Crippen LogP contribution in [-0.2, 0) is 4.79 Å². The first-order valence-corrected chi connectivity index (χ1v) is 12.9. The van der Waals surface area contributed by atoms with Gasteiger partial charge in [0, 0.05) is 17.8 Å². The third kappa shape index (κ3) is 5.94. The van der Waals surface area contributed by atoms with Crippen molar-refractivity contribution in [2.45, 2.75) is 41.0 Å². The van der Waals surface area contributed by atoms with Crippen LogP contribution in [0.3, 0.4) is 0 Å². The van der Waals surface area contributed by atoms with E-state index in [1.807, 2.05) is 107 Å². The second kappa shape index (κ2) is 11.8. The maximum atomic E-state index is 13.4. The first-order chi connectivity index (χ1) is 18.3. The highest BCUT2D eigenvalue weighted by molar-refractivity contribution is 5.99. The minimum atomic E-state index is -0.304. The molecule has 0 spiro atoms. The van der Waals surface area contributed by atoms with Gasteiger partial charge >= 0.3 is 6.03 Å². The van der Waals surface area contributed by atoms with Gasteiger partial charge in [-0.05, 0) is 69.0 Å². The van der Waals surface area contributed by atoms with Gasteiger partial charge in [0.2, 0.25) is 5.91 Å². The predicted octanol–water partition coefficient (Wildman–Crippen LogP) is 6.66. The van der Waals surface area contributed by atoms with E-state index in [4.69, 9.17) is 5.10 Å². The molecule has 0 saturated heterocycles. The van der Waals surface area contributed by atoms with Gasteiger partial charge in [0.25, 0.3) is 0 Å². The predicted molar refractivity (Wildman–Crippen MR) is 154 cm³/mol. The highest BCUT2D eigenvalue weighted by Crippen LogP contribution is 2.33. The summed E-state index contributed by atoms with van der Waals surface area (Å²) in [6, 6.07) is 23.4. The van der Waals surface area contributed by atoms with E-state index in [9.17, 15) is 9.59 Å². The second-order valence-corrected chi connectivity index (χ2v) is 9.57. The molecule has 3 aromatic carbocycles. The molecule has 0 aliphatic rings. The highest BCUT2D eigenvalue weighted by atomic mass is 16.2. The number of carbonyl (C=O) groups is 2. The topological polar surface area (TPSA) is 79.3 Å². The smallest absolute Gasteiger partial charge is 0.315 e. The molecule has 0 saturated carbocycles. The van der Waals surface area contributed by atoms with Crippen molar-refractivity contribution in [2.75, 3.05) is 23.7 Å². The number of aryl methyl sites for hydroxylation is 3. The van der Waals surface area contributed by atoms with Crippen LogP contribution in [-0.4, -0.2) is 39.7 Å². The summed E-state index contributed by atoms with van der Waals surface area (Å²) in [6.07, 6.45) is 0.725. The fourth-order valence-electron chi connectivity index (χ4n) is 4.41.